The van der Waals surface area contributed by atoms with Crippen LogP contribution in [0.5, 0.6) is 0 Å². The zero-order valence-electron chi connectivity index (χ0n) is 25.9. The van der Waals surface area contributed by atoms with Crippen molar-refractivity contribution in [2.45, 2.75) is 38.8 Å². The van der Waals surface area contributed by atoms with Crippen LogP contribution in [-0.4, -0.2) is 44.9 Å². The van der Waals surface area contributed by atoms with Crippen LogP contribution in [0.1, 0.15) is 36.7 Å². The highest BCUT2D eigenvalue weighted by Crippen LogP contribution is 2.28. The maximum absolute atomic E-state index is 15.3. The highest BCUT2D eigenvalue weighted by atomic mass is 35.5. The van der Waals surface area contributed by atoms with Gasteiger partial charge in [-0.15, -0.1) is 0 Å². The number of carbonyl (C=O) groups excluding carboxylic acids is 2. The molecule has 0 radical (unpaired) electrons. The van der Waals surface area contributed by atoms with Gasteiger partial charge in [0.15, 0.2) is 0 Å². The smallest absolute Gasteiger partial charge is 0.412 e. The Hall–Kier alpha value is -5.62. The monoisotopic (exact) mass is 674 g/mol. The molecule has 5 aromatic rings. The van der Waals surface area contributed by atoms with Crippen LogP contribution >= 0.6 is 11.6 Å². The predicted octanol–water partition coefficient (Wildman–Crippen LogP) is 7.77. The van der Waals surface area contributed by atoms with Crippen molar-refractivity contribution in [2.24, 2.45) is 0 Å². The lowest BCUT2D eigenvalue weighted by atomic mass is 10.0. The number of hydrogen-bond acceptors (Lipinski definition) is 7. The van der Waals surface area contributed by atoms with Crippen LogP contribution in [0.2, 0.25) is 5.02 Å². The minimum atomic E-state index is -1.49. The number of nitrogens with zero attached hydrogens (tertiary/aromatic N) is 2. The molecule has 2 amide bonds. The number of hydrogen-bond donors (Lipinski definition) is 3. The van der Waals surface area contributed by atoms with E-state index in [0.29, 0.717) is 21.8 Å². The first-order valence-electron chi connectivity index (χ1n) is 14.6. The van der Waals surface area contributed by atoms with Crippen LogP contribution < -0.4 is 10.6 Å². The summed E-state index contributed by atoms with van der Waals surface area (Å²) in [6.07, 6.45) is -0.905. The summed E-state index contributed by atoms with van der Waals surface area (Å²) >= 11 is 5.92. The molecule has 5 rings (SSSR count). The first-order valence-corrected chi connectivity index (χ1v) is 15.0. The lowest BCUT2D eigenvalue weighted by Crippen LogP contribution is -2.42. The van der Waals surface area contributed by atoms with Crippen LogP contribution in [0.4, 0.5) is 19.3 Å². The molecule has 1 heterocycles. The van der Waals surface area contributed by atoms with Gasteiger partial charge in [0.25, 0.3) is 11.8 Å². The molecule has 10 nitrogen and oxygen atoms in total. The zero-order chi connectivity index (χ0) is 34.6. The maximum Gasteiger partial charge on any atom is 0.412 e. The summed E-state index contributed by atoms with van der Waals surface area (Å²) in [7, 11) is 0. The summed E-state index contributed by atoms with van der Waals surface area (Å²) in [6, 6.07) is 19.5. The summed E-state index contributed by atoms with van der Waals surface area (Å²) in [5.74, 6) is -3.88. The van der Waals surface area contributed by atoms with E-state index in [1.807, 2.05) is 0 Å². The number of carboxylic acids is 1. The lowest BCUT2D eigenvalue weighted by Gasteiger charge is -2.19. The Morgan fingerprint density at radius 3 is 2.27 bits per heavy atom. The average molecular weight is 675 g/mol. The molecule has 246 valence electrons. The van der Waals surface area contributed by atoms with Crippen LogP contribution in [-0.2, 0) is 16.0 Å². The van der Waals surface area contributed by atoms with Gasteiger partial charge in [-0.1, -0.05) is 47.1 Å². The zero-order valence-corrected chi connectivity index (χ0v) is 26.6. The van der Waals surface area contributed by atoms with E-state index in [0.717, 1.165) is 6.07 Å². The molecule has 1 aromatic heterocycles. The van der Waals surface area contributed by atoms with E-state index in [-0.39, 0.29) is 40.4 Å². The number of rotatable bonds is 9. The van der Waals surface area contributed by atoms with E-state index >= 15 is 8.78 Å². The summed E-state index contributed by atoms with van der Waals surface area (Å²) in [5.41, 5.74) is 0.843. The second-order valence-electron chi connectivity index (χ2n) is 11.7. The van der Waals surface area contributed by atoms with E-state index in [4.69, 9.17) is 20.9 Å². The molecule has 13 heteroatoms. The van der Waals surface area contributed by atoms with Crippen molar-refractivity contribution < 1.29 is 37.5 Å². The van der Waals surface area contributed by atoms with E-state index in [2.05, 4.69) is 20.8 Å². The number of benzene rings is 4. The molecule has 0 aliphatic carbocycles. The highest BCUT2D eigenvalue weighted by Gasteiger charge is 2.25. The minimum absolute atomic E-state index is 0.00559. The molecule has 0 saturated carbocycles. The lowest BCUT2D eigenvalue weighted by molar-refractivity contribution is -0.139. The fourth-order valence-corrected chi connectivity index (χ4v) is 4.79. The van der Waals surface area contributed by atoms with Gasteiger partial charge in [0, 0.05) is 28.3 Å². The molecule has 1 unspecified atom stereocenters. The van der Waals surface area contributed by atoms with Crippen LogP contribution in [0.15, 0.2) is 89.5 Å². The molecular weight excluding hydrogens is 646 g/mol. The van der Waals surface area contributed by atoms with Crippen molar-refractivity contribution in [1.82, 2.24) is 15.5 Å². The van der Waals surface area contributed by atoms with Crippen LogP contribution in [0, 0.1) is 11.6 Å². The number of carbonyl (C=O) groups is 3. The maximum atomic E-state index is 15.3. The topological polar surface area (TPSA) is 144 Å². The Morgan fingerprint density at radius 2 is 1.62 bits per heavy atom. The normalized spacial score (nSPS) is 11.9. The molecule has 0 saturated heterocycles. The predicted molar refractivity (Wildman–Crippen MR) is 174 cm³/mol. The molecule has 3 N–H and O–H groups in total. The Labute approximate surface area is 278 Å². The second-order valence-corrected chi connectivity index (χ2v) is 12.1. The van der Waals surface area contributed by atoms with Gasteiger partial charge in [0.2, 0.25) is 5.82 Å². The first kappa shape index (κ1) is 33.7. The van der Waals surface area contributed by atoms with Gasteiger partial charge in [-0.05, 0) is 86.5 Å². The standard InChI is InChI=1S/C35H29ClF2N4O6/c1-35(2,3)47-34(46)39-23-14-10-21(11-15-23)32-41-30(42-48-32)25-16-7-19(17-27(25)37)18-28(33(44)45)40-31(43)26-6-4-5-24(29(26)38)20-8-12-22(36)13-9-20/h4-17,28H,18H2,1-3H3,(H,39,46)(H,40,43)(H,44,45). The van der Waals surface area contributed by atoms with Gasteiger partial charge in [-0.3, -0.25) is 10.1 Å². The van der Waals surface area contributed by atoms with E-state index in [1.54, 1.807) is 69.3 Å². The fourth-order valence-electron chi connectivity index (χ4n) is 4.67. The third-order valence-corrected chi connectivity index (χ3v) is 7.17. The average Bonchev–Trinajstić information content (AvgIpc) is 3.51. The Bertz CT molecular complexity index is 1970. The summed E-state index contributed by atoms with van der Waals surface area (Å²) in [6.45, 7) is 5.25. The molecule has 0 aliphatic rings. The summed E-state index contributed by atoms with van der Waals surface area (Å²) in [5, 5.41) is 19.1. The largest absolute Gasteiger partial charge is 0.480 e. The first-order chi connectivity index (χ1) is 22.8. The fraction of sp³-hybridized carbons (Fsp3) is 0.171. The van der Waals surface area contributed by atoms with Crippen molar-refractivity contribution in [3.05, 3.63) is 113 Å². The number of nitrogens with one attached hydrogen (secondary N) is 2. The van der Waals surface area contributed by atoms with Crippen molar-refractivity contribution >= 4 is 35.3 Å². The molecular formula is C35H29ClF2N4O6. The van der Waals surface area contributed by atoms with E-state index < -0.39 is 41.2 Å². The Kier molecular flexibility index (Phi) is 9.85. The third kappa shape index (κ3) is 8.20. The van der Waals surface area contributed by atoms with E-state index in [1.165, 1.54) is 30.3 Å². The van der Waals surface area contributed by atoms with Gasteiger partial charge in [0.1, 0.15) is 23.3 Å². The van der Waals surface area contributed by atoms with Crippen molar-refractivity contribution in [1.29, 1.82) is 0 Å². The van der Waals surface area contributed by atoms with E-state index in [9.17, 15) is 19.5 Å². The molecule has 0 spiro atoms. The second kappa shape index (κ2) is 14.0. The van der Waals surface area contributed by atoms with Gasteiger partial charge in [-0.2, -0.15) is 4.98 Å². The van der Waals surface area contributed by atoms with Gasteiger partial charge < -0.3 is 19.7 Å². The van der Waals surface area contributed by atoms with Crippen LogP contribution in [0.25, 0.3) is 34.0 Å². The van der Waals surface area contributed by atoms with Crippen molar-refractivity contribution in [3.8, 4) is 34.0 Å². The Morgan fingerprint density at radius 1 is 0.938 bits per heavy atom. The number of carboxylic acid groups (broad SMARTS) is 1. The quantitative estimate of drug-likeness (QED) is 0.144. The van der Waals surface area contributed by atoms with Gasteiger partial charge in [0.05, 0.1) is 11.1 Å². The SMILES string of the molecule is CC(C)(C)OC(=O)Nc1ccc(-c2nc(-c3ccc(CC(NC(=O)c4cccc(-c5ccc(Cl)cc5)c4F)C(=O)O)cc3F)no2)cc1. The molecule has 4 aromatic carbocycles. The molecule has 0 fully saturated rings. The molecule has 1 atom stereocenters. The molecule has 0 aliphatic heterocycles. The number of halogens is 3. The van der Waals surface area contributed by atoms with Crippen molar-refractivity contribution in [3.63, 3.8) is 0 Å². The number of aliphatic carboxylic acids is 1. The third-order valence-electron chi connectivity index (χ3n) is 6.92. The number of amides is 2. The number of ether oxygens (including phenoxy) is 1. The summed E-state index contributed by atoms with van der Waals surface area (Å²) < 4.78 is 41.1. The van der Waals surface area contributed by atoms with Gasteiger partial charge in [-0.25, -0.2) is 18.4 Å². The van der Waals surface area contributed by atoms with Gasteiger partial charge >= 0.3 is 12.1 Å². The highest BCUT2D eigenvalue weighted by molar-refractivity contribution is 6.30. The number of aromatic nitrogens is 2. The van der Waals surface area contributed by atoms with Crippen molar-refractivity contribution in [2.75, 3.05) is 5.32 Å². The Balaban J connectivity index is 1.26. The number of anilines is 1. The minimum Gasteiger partial charge on any atom is -0.480 e. The molecule has 48 heavy (non-hydrogen) atoms. The molecule has 0 bridgehead atoms. The summed E-state index contributed by atoms with van der Waals surface area (Å²) in [4.78, 5) is 41.3. The van der Waals surface area contributed by atoms with Crippen LogP contribution in [0.3, 0.4) is 0 Å².